The molecule has 1 aromatic carbocycles. The number of ether oxygens (including phenoxy) is 3. The molecule has 156 valence electrons. The molecule has 5 nitrogen and oxygen atoms in total. The van der Waals surface area contributed by atoms with Gasteiger partial charge in [0.2, 0.25) is 0 Å². The molecule has 0 spiro atoms. The van der Waals surface area contributed by atoms with E-state index >= 15 is 0 Å². The van der Waals surface area contributed by atoms with Gasteiger partial charge in [-0.2, -0.15) is 5.26 Å². The van der Waals surface area contributed by atoms with Crippen LogP contribution in [0.3, 0.4) is 0 Å². The van der Waals surface area contributed by atoms with Crippen LogP contribution in [0.4, 0.5) is 0 Å². The summed E-state index contributed by atoms with van der Waals surface area (Å²) < 4.78 is 24.0. The Hall–Kier alpha value is -2.33. The van der Waals surface area contributed by atoms with Gasteiger partial charge in [0.1, 0.15) is 11.5 Å². The molecular formula is C24H28BNO4. The van der Waals surface area contributed by atoms with Gasteiger partial charge in [0.25, 0.3) is 0 Å². The van der Waals surface area contributed by atoms with E-state index in [-0.39, 0.29) is 13.2 Å². The van der Waals surface area contributed by atoms with Gasteiger partial charge in [-0.3, -0.25) is 0 Å². The van der Waals surface area contributed by atoms with Crippen LogP contribution in [0.1, 0.15) is 44.1 Å². The first-order valence-electron chi connectivity index (χ1n) is 11.0. The quantitative estimate of drug-likeness (QED) is 0.656. The Balaban J connectivity index is 1.50. The first-order valence-corrected chi connectivity index (χ1v) is 11.0. The van der Waals surface area contributed by atoms with Crippen LogP contribution < -0.4 is 10.2 Å². The summed E-state index contributed by atoms with van der Waals surface area (Å²) in [5.74, 6) is 1.50. The number of hydrogen-bond donors (Lipinski definition) is 0. The third kappa shape index (κ3) is 5.63. The molecule has 0 amide bonds. The zero-order valence-corrected chi connectivity index (χ0v) is 17.3. The lowest BCUT2D eigenvalue weighted by atomic mass is 9.55. The van der Waals surface area contributed by atoms with Crippen molar-refractivity contribution in [1.29, 1.82) is 5.26 Å². The minimum Gasteiger partial charge on any atom is -0.458 e. The molecule has 0 N–H and O–H groups in total. The van der Waals surface area contributed by atoms with E-state index < -0.39 is 0 Å². The fourth-order valence-corrected chi connectivity index (χ4v) is 4.00. The van der Waals surface area contributed by atoms with Gasteiger partial charge >= 0.3 is 6.92 Å². The van der Waals surface area contributed by atoms with Gasteiger partial charge in [0.05, 0.1) is 12.7 Å². The average Bonchev–Trinajstić information content (AvgIpc) is 3.04. The summed E-state index contributed by atoms with van der Waals surface area (Å²) in [6.45, 7) is 2.16. The van der Waals surface area contributed by atoms with E-state index in [1.165, 1.54) is 11.9 Å². The molecular weight excluding hydrogens is 377 g/mol. The van der Waals surface area contributed by atoms with Crippen LogP contribution in [0.15, 0.2) is 53.8 Å². The highest BCUT2D eigenvalue weighted by atomic mass is 16.7. The molecule has 3 aliphatic rings. The minimum atomic E-state index is -0.133. The summed E-state index contributed by atoms with van der Waals surface area (Å²) >= 11 is 0. The van der Waals surface area contributed by atoms with Crippen molar-refractivity contribution in [3.05, 3.63) is 59.4 Å². The standard InChI is InChI=1S/C24H28BNO4/c26-17-19-6-5-7-21(10-9-19)30-22-11-12-23(25-13-2-4-15-29-25)20(16-22)18-28-24-8-1-3-14-27-24/h6-7,9-12,16,24H,1-5,8,13-15,18H2. The number of allylic oxidation sites excluding steroid dienone is 5. The van der Waals surface area contributed by atoms with E-state index in [0.717, 1.165) is 62.3 Å². The number of hydrogen-bond acceptors (Lipinski definition) is 5. The maximum absolute atomic E-state index is 9.08. The van der Waals surface area contributed by atoms with Crippen LogP contribution in [0, 0.1) is 11.3 Å². The Morgan fingerprint density at radius 2 is 2.03 bits per heavy atom. The fourth-order valence-electron chi connectivity index (χ4n) is 4.00. The lowest BCUT2D eigenvalue weighted by Gasteiger charge is -2.25. The normalized spacial score (nSPS) is 22.0. The Kier molecular flexibility index (Phi) is 7.41. The van der Waals surface area contributed by atoms with Gasteiger partial charge in [-0.25, -0.2) is 0 Å². The number of rotatable bonds is 6. The topological polar surface area (TPSA) is 60.7 Å². The molecule has 1 atom stereocenters. The highest BCUT2D eigenvalue weighted by Gasteiger charge is 2.25. The van der Waals surface area contributed by atoms with Crippen molar-refractivity contribution in [1.82, 2.24) is 0 Å². The van der Waals surface area contributed by atoms with Crippen LogP contribution in [0.2, 0.25) is 6.32 Å². The molecule has 2 saturated heterocycles. The van der Waals surface area contributed by atoms with Crippen LogP contribution >= 0.6 is 0 Å². The zero-order chi connectivity index (χ0) is 20.6. The van der Waals surface area contributed by atoms with Gasteiger partial charge < -0.3 is 18.9 Å². The summed E-state index contributed by atoms with van der Waals surface area (Å²) in [6.07, 6.45) is 14.6. The van der Waals surface area contributed by atoms with E-state index in [9.17, 15) is 0 Å². The molecule has 0 aromatic heterocycles. The highest BCUT2D eigenvalue weighted by molar-refractivity contribution is 6.68. The van der Waals surface area contributed by atoms with Crippen LogP contribution in [0.25, 0.3) is 0 Å². The van der Waals surface area contributed by atoms with Gasteiger partial charge in [0.15, 0.2) is 6.29 Å². The Morgan fingerprint density at radius 1 is 1.10 bits per heavy atom. The van der Waals surface area contributed by atoms with E-state index in [0.29, 0.717) is 18.6 Å². The summed E-state index contributed by atoms with van der Waals surface area (Å²) in [6, 6.07) is 8.32. The van der Waals surface area contributed by atoms with E-state index in [1.54, 1.807) is 6.08 Å². The minimum absolute atomic E-state index is 0.109. The van der Waals surface area contributed by atoms with E-state index in [2.05, 4.69) is 12.1 Å². The van der Waals surface area contributed by atoms with Crippen LogP contribution in [-0.2, 0) is 20.7 Å². The second-order valence-corrected chi connectivity index (χ2v) is 7.87. The van der Waals surface area contributed by atoms with Crippen molar-refractivity contribution in [3.63, 3.8) is 0 Å². The van der Waals surface area contributed by atoms with Crippen LogP contribution in [0.5, 0.6) is 5.75 Å². The van der Waals surface area contributed by atoms with Gasteiger partial charge in [0, 0.05) is 18.8 Å². The summed E-state index contributed by atoms with van der Waals surface area (Å²) in [5.41, 5.74) is 2.91. The van der Waals surface area contributed by atoms with Crippen molar-refractivity contribution < 1.29 is 18.9 Å². The highest BCUT2D eigenvalue weighted by Crippen LogP contribution is 2.22. The average molecular weight is 405 g/mol. The summed E-state index contributed by atoms with van der Waals surface area (Å²) in [5, 5.41) is 9.08. The maximum Gasteiger partial charge on any atom is 0.326 e. The zero-order valence-electron chi connectivity index (χ0n) is 17.3. The van der Waals surface area contributed by atoms with Crippen LogP contribution in [-0.4, -0.2) is 26.4 Å². The molecule has 1 aliphatic carbocycles. The van der Waals surface area contributed by atoms with Crippen molar-refractivity contribution >= 4 is 12.4 Å². The van der Waals surface area contributed by atoms with Gasteiger partial charge in [-0.05, 0) is 79.8 Å². The molecule has 0 saturated carbocycles. The van der Waals surface area contributed by atoms with Crippen molar-refractivity contribution in [2.45, 2.75) is 57.7 Å². The largest absolute Gasteiger partial charge is 0.458 e. The smallest absolute Gasteiger partial charge is 0.326 e. The molecule has 30 heavy (non-hydrogen) atoms. The first kappa shape index (κ1) is 20.9. The number of nitrogens with zero attached hydrogens (tertiary/aromatic N) is 1. The molecule has 6 heteroatoms. The molecule has 2 aliphatic heterocycles. The second kappa shape index (κ2) is 10.6. The Morgan fingerprint density at radius 3 is 2.83 bits per heavy atom. The lowest BCUT2D eigenvalue weighted by Crippen LogP contribution is -2.39. The van der Waals surface area contributed by atoms with E-state index in [1.807, 2.05) is 30.4 Å². The lowest BCUT2D eigenvalue weighted by molar-refractivity contribution is -0.168. The SMILES string of the molecule is N#CC1=CCC=C(Oc2ccc(B3CCCCO3)c(COC3CCCCO3)c2)C=C1. The Bertz CT molecular complexity index is 858. The number of benzene rings is 1. The molecule has 1 unspecified atom stereocenters. The number of nitriles is 1. The summed E-state index contributed by atoms with van der Waals surface area (Å²) in [7, 11) is 0. The molecule has 0 radical (unpaired) electrons. The maximum atomic E-state index is 9.08. The molecule has 2 fully saturated rings. The van der Waals surface area contributed by atoms with E-state index in [4.69, 9.17) is 24.1 Å². The third-order valence-electron chi connectivity index (χ3n) is 5.65. The molecule has 0 bridgehead atoms. The molecule has 2 heterocycles. The van der Waals surface area contributed by atoms with Gasteiger partial charge in [-0.1, -0.05) is 18.6 Å². The monoisotopic (exact) mass is 405 g/mol. The van der Waals surface area contributed by atoms with Crippen molar-refractivity contribution in [2.24, 2.45) is 0 Å². The fraction of sp³-hybridized carbons (Fsp3) is 0.458. The predicted octanol–water partition coefficient (Wildman–Crippen LogP) is 4.41. The first-order chi connectivity index (χ1) is 14.8. The van der Waals surface area contributed by atoms with Gasteiger partial charge in [-0.15, -0.1) is 0 Å². The van der Waals surface area contributed by atoms with Crippen molar-refractivity contribution in [3.8, 4) is 11.8 Å². The summed E-state index contributed by atoms with van der Waals surface area (Å²) in [4.78, 5) is 0. The second-order valence-electron chi connectivity index (χ2n) is 7.87. The molecule has 1 aromatic rings. The predicted molar refractivity (Wildman–Crippen MR) is 116 cm³/mol. The van der Waals surface area contributed by atoms with Crippen molar-refractivity contribution in [2.75, 3.05) is 13.2 Å². The Labute approximate surface area is 179 Å². The molecule has 4 rings (SSSR count). The third-order valence-corrected chi connectivity index (χ3v) is 5.65.